The van der Waals surface area contributed by atoms with Crippen molar-refractivity contribution in [3.63, 3.8) is 0 Å². The molecule has 14 heavy (non-hydrogen) atoms. The van der Waals surface area contributed by atoms with Gasteiger partial charge in [0.1, 0.15) is 5.92 Å². The van der Waals surface area contributed by atoms with Crippen molar-refractivity contribution in [2.75, 3.05) is 12.8 Å². The minimum Gasteiger partial charge on any atom is -0.354 e. The van der Waals surface area contributed by atoms with Crippen molar-refractivity contribution in [2.24, 2.45) is 11.8 Å². The van der Waals surface area contributed by atoms with Crippen LogP contribution < -0.4 is 5.32 Å². The van der Waals surface area contributed by atoms with Crippen molar-refractivity contribution in [3.05, 3.63) is 0 Å². The zero-order valence-electron chi connectivity index (χ0n) is 9.20. The summed E-state index contributed by atoms with van der Waals surface area (Å²) in [6.45, 7) is 6.43. The van der Waals surface area contributed by atoms with E-state index in [2.05, 4.69) is 5.32 Å². The van der Waals surface area contributed by atoms with E-state index in [0.29, 0.717) is 11.8 Å². The number of thioether (sulfide) groups is 1. The Morgan fingerprint density at radius 2 is 2.07 bits per heavy atom. The van der Waals surface area contributed by atoms with Crippen LogP contribution in [0.5, 0.6) is 0 Å². The molecule has 3 nitrogen and oxygen atoms in total. The van der Waals surface area contributed by atoms with Crippen molar-refractivity contribution in [2.45, 2.75) is 26.0 Å². The third-order valence-corrected chi connectivity index (χ3v) is 3.03. The Balaban J connectivity index is 4.01. The van der Waals surface area contributed by atoms with E-state index in [4.69, 9.17) is 5.26 Å². The largest absolute Gasteiger partial charge is 0.354 e. The van der Waals surface area contributed by atoms with E-state index in [1.165, 1.54) is 0 Å². The molecule has 2 atom stereocenters. The highest BCUT2D eigenvalue weighted by Crippen LogP contribution is 2.10. The topological polar surface area (TPSA) is 52.9 Å². The van der Waals surface area contributed by atoms with Gasteiger partial charge in [-0.25, -0.2) is 0 Å². The van der Waals surface area contributed by atoms with Crippen LogP contribution in [0, 0.1) is 23.2 Å². The zero-order chi connectivity index (χ0) is 11.1. The number of nitrogens with zero attached hydrogens (tertiary/aromatic N) is 1. The van der Waals surface area contributed by atoms with E-state index in [0.717, 1.165) is 0 Å². The molecule has 0 aromatic rings. The van der Waals surface area contributed by atoms with E-state index < -0.39 is 5.92 Å². The highest BCUT2D eigenvalue weighted by molar-refractivity contribution is 7.99. The van der Waals surface area contributed by atoms with Crippen LogP contribution in [0.1, 0.15) is 20.8 Å². The molecule has 0 aromatic heterocycles. The molecule has 0 aliphatic carbocycles. The van der Waals surface area contributed by atoms with Gasteiger partial charge in [0.25, 0.3) is 0 Å². The summed E-state index contributed by atoms with van der Waals surface area (Å²) in [6, 6.07) is 2.02. The van der Waals surface area contributed by atoms with Crippen molar-refractivity contribution < 1.29 is 4.79 Å². The summed E-state index contributed by atoms with van der Waals surface area (Å²) in [5.74, 6) is -0.600. The fourth-order valence-electron chi connectivity index (χ4n) is 0.948. The summed E-state index contributed by atoms with van der Waals surface area (Å²) in [5.41, 5.74) is 0. The molecule has 0 saturated heterocycles. The molecule has 80 valence electrons. The standard InChI is InChI=1S/C10H18N2OS/c1-7(2)9(5-11)10(13)12-6-8(3)14-4/h7-9H,6H2,1-4H3,(H,12,13). The molecular formula is C10H18N2OS. The first kappa shape index (κ1) is 13.3. The van der Waals surface area contributed by atoms with Gasteiger partial charge >= 0.3 is 0 Å². The zero-order valence-corrected chi connectivity index (χ0v) is 10.0. The predicted molar refractivity (Wildman–Crippen MR) is 59.9 cm³/mol. The number of nitriles is 1. The van der Waals surface area contributed by atoms with Crippen LogP contribution in [0.25, 0.3) is 0 Å². The summed E-state index contributed by atoms with van der Waals surface area (Å²) in [6.07, 6.45) is 2.00. The molecule has 0 radical (unpaired) electrons. The lowest BCUT2D eigenvalue weighted by Gasteiger charge is -2.15. The number of rotatable bonds is 5. The summed E-state index contributed by atoms with van der Waals surface area (Å²) >= 11 is 1.70. The Morgan fingerprint density at radius 3 is 2.43 bits per heavy atom. The monoisotopic (exact) mass is 214 g/mol. The van der Waals surface area contributed by atoms with Crippen LogP contribution in [0.3, 0.4) is 0 Å². The first-order chi connectivity index (χ1) is 6.52. The lowest BCUT2D eigenvalue weighted by molar-refractivity contribution is -0.124. The second kappa shape index (κ2) is 6.72. The van der Waals surface area contributed by atoms with Crippen LogP contribution in [0.4, 0.5) is 0 Å². The van der Waals surface area contributed by atoms with E-state index in [1.54, 1.807) is 11.8 Å². The molecule has 0 aliphatic heterocycles. The van der Waals surface area contributed by atoms with Gasteiger partial charge in [-0.15, -0.1) is 0 Å². The van der Waals surface area contributed by atoms with Gasteiger partial charge in [-0.05, 0) is 12.2 Å². The first-order valence-electron chi connectivity index (χ1n) is 4.73. The van der Waals surface area contributed by atoms with Gasteiger partial charge in [-0.1, -0.05) is 20.8 Å². The van der Waals surface area contributed by atoms with Gasteiger partial charge in [0.15, 0.2) is 0 Å². The Hall–Kier alpha value is -0.690. The van der Waals surface area contributed by atoms with Gasteiger partial charge in [0, 0.05) is 11.8 Å². The third-order valence-electron chi connectivity index (χ3n) is 2.05. The average molecular weight is 214 g/mol. The van der Waals surface area contributed by atoms with Crippen LogP contribution in [0.15, 0.2) is 0 Å². The summed E-state index contributed by atoms with van der Waals surface area (Å²) in [5, 5.41) is 12.0. The maximum absolute atomic E-state index is 11.5. The maximum Gasteiger partial charge on any atom is 0.237 e. The summed E-state index contributed by atoms with van der Waals surface area (Å²) < 4.78 is 0. The lowest BCUT2D eigenvalue weighted by atomic mass is 9.97. The maximum atomic E-state index is 11.5. The van der Waals surface area contributed by atoms with Crippen LogP contribution in [-0.2, 0) is 4.79 Å². The molecule has 0 bridgehead atoms. The van der Waals surface area contributed by atoms with E-state index in [9.17, 15) is 4.79 Å². The second-order valence-electron chi connectivity index (χ2n) is 3.64. The van der Waals surface area contributed by atoms with Crippen molar-refractivity contribution >= 4 is 17.7 Å². The Labute approximate surface area is 90.3 Å². The van der Waals surface area contributed by atoms with Crippen LogP contribution in [0.2, 0.25) is 0 Å². The highest BCUT2D eigenvalue weighted by atomic mass is 32.2. The minimum absolute atomic E-state index is 0.0737. The van der Waals surface area contributed by atoms with E-state index in [-0.39, 0.29) is 11.8 Å². The minimum atomic E-state index is -0.524. The first-order valence-corrected chi connectivity index (χ1v) is 6.01. The van der Waals surface area contributed by atoms with Gasteiger partial charge in [-0.3, -0.25) is 4.79 Å². The Kier molecular flexibility index (Phi) is 6.39. The van der Waals surface area contributed by atoms with Crippen LogP contribution in [-0.4, -0.2) is 24.0 Å². The smallest absolute Gasteiger partial charge is 0.237 e. The molecule has 0 aromatic carbocycles. The SMILES string of the molecule is CSC(C)CNC(=O)C(C#N)C(C)C. The van der Waals surface area contributed by atoms with Gasteiger partial charge in [-0.2, -0.15) is 17.0 Å². The number of carbonyl (C=O) groups excluding carboxylic acids is 1. The summed E-state index contributed by atoms with van der Waals surface area (Å²) in [7, 11) is 0. The number of amides is 1. The van der Waals surface area contributed by atoms with Crippen molar-refractivity contribution in [3.8, 4) is 6.07 Å². The summed E-state index contributed by atoms with van der Waals surface area (Å²) in [4.78, 5) is 11.5. The Bertz CT molecular complexity index is 223. The molecule has 0 aliphatic rings. The van der Waals surface area contributed by atoms with Crippen molar-refractivity contribution in [1.29, 1.82) is 5.26 Å². The van der Waals surface area contributed by atoms with Gasteiger partial charge in [0.2, 0.25) is 5.91 Å². The fraction of sp³-hybridized carbons (Fsp3) is 0.800. The number of nitrogens with one attached hydrogen (secondary N) is 1. The van der Waals surface area contributed by atoms with E-state index >= 15 is 0 Å². The van der Waals surface area contributed by atoms with Gasteiger partial charge in [0.05, 0.1) is 6.07 Å². The number of hydrogen-bond donors (Lipinski definition) is 1. The molecular weight excluding hydrogens is 196 g/mol. The van der Waals surface area contributed by atoms with Crippen LogP contribution >= 0.6 is 11.8 Å². The lowest BCUT2D eigenvalue weighted by Crippen LogP contribution is -2.36. The molecule has 0 rings (SSSR count). The highest BCUT2D eigenvalue weighted by Gasteiger charge is 2.21. The van der Waals surface area contributed by atoms with Crippen molar-refractivity contribution in [1.82, 2.24) is 5.32 Å². The molecule has 0 fully saturated rings. The quantitative estimate of drug-likeness (QED) is 0.757. The molecule has 0 saturated carbocycles. The second-order valence-corrected chi connectivity index (χ2v) is 4.92. The average Bonchev–Trinajstić information content (AvgIpc) is 2.14. The molecule has 1 amide bonds. The molecule has 0 heterocycles. The number of hydrogen-bond acceptors (Lipinski definition) is 3. The molecule has 4 heteroatoms. The molecule has 0 spiro atoms. The molecule has 2 unspecified atom stereocenters. The molecule has 1 N–H and O–H groups in total. The van der Waals surface area contributed by atoms with Gasteiger partial charge < -0.3 is 5.32 Å². The fourth-order valence-corrected chi connectivity index (χ4v) is 1.20. The third kappa shape index (κ3) is 4.52. The Morgan fingerprint density at radius 1 is 1.50 bits per heavy atom. The normalized spacial score (nSPS) is 14.6. The predicted octanol–water partition coefficient (Wildman–Crippen LogP) is 1.65. The number of carbonyl (C=O) groups is 1. The van der Waals surface area contributed by atoms with E-state index in [1.807, 2.05) is 33.1 Å².